The van der Waals surface area contributed by atoms with Gasteiger partial charge in [0.1, 0.15) is 11.5 Å². The maximum Gasteiger partial charge on any atom is 0.263 e. The highest BCUT2D eigenvalue weighted by atomic mass is 32.1. The van der Waals surface area contributed by atoms with Crippen molar-refractivity contribution in [2.24, 2.45) is 0 Å². The standard InChI is InChI=1S/C20H26N2O3S/c1-21(2)20(23)19-13-15-14-22(11-9-18(15)26-19)10-4-12-25-17-7-5-16(24-3)6-8-17/h5-8,13H,4,9-12,14H2,1-3H3. The number of hydrogen-bond acceptors (Lipinski definition) is 5. The van der Waals surface area contributed by atoms with E-state index in [1.54, 1.807) is 37.4 Å². The molecule has 5 nitrogen and oxygen atoms in total. The molecule has 3 rings (SSSR count). The normalized spacial score (nSPS) is 14.0. The number of nitrogens with zero attached hydrogens (tertiary/aromatic N) is 2. The summed E-state index contributed by atoms with van der Waals surface area (Å²) in [6, 6.07) is 9.75. The van der Waals surface area contributed by atoms with Crippen LogP contribution in [0.25, 0.3) is 0 Å². The van der Waals surface area contributed by atoms with Crippen LogP contribution >= 0.6 is 11.3 Å². The van der Waals surface area contributed by atoms with E-state index < -0.39 is 0 Å². The number of methoxy groups -OCH3 is 1. The summed E-state index contributed by atoms with van der Waals surface area (Å²) in [6.07, 6.45) is 2.01. The van der Waals surface area contributed by atoms with E-state index in [0.29, 0.717) is 6.61 Å². The molecular formula is C20H26N2O3S. The molecule has 1 aliphatic rings. The summed E-state index contributed by atoms with van der Waals surface area (Å²) < 4.78 is 10.9. The molecule has 1 aromatic heterocycles. The molecule has 0 N–H and O–H groups in total. The van der Waals surface area contributed by atoms with Gasteiger partial charge >= 0.3 is 0 Å². The molecule has 6 heteroatoms. The Balaban J connectivity index is 1.45. The number of thiophene rings is 1. The first-order chi connectivity index (χ1) is 12.6. The average Bonchev–Trinajstić information content (AvgIpc) is 3.08. The summed E-state index contributed by atoms with van der Waals surface area (Å²) in [4.78, 5) is 18.4. The lowest BCUT2D eigenvalue weighted by Gasteiger charge is -2.26. The van der Waals surface area contributed by atoms with Crippen LogP contribution in [0.1, 0.15) is 26.5 Å². The van der Waals surface area contributed by atoms with Crippen molar-refractivity contribution in [3.63, 3.8) is 0 Å². The molecule has 1 aromatic carbocycles. The van der Waals surface area contributed by atoms with E-state index in [0.717, 1.165) is 48.9 Å². The van der Waals surface area contributed by atoms with Crippen molar-refractivity contribution < 1.29 is 14.3 Å². The Bertz CT molecular complexity index is 740. The molecule has 1 aliphatic heterocycles. The first-order valence-corrected chi connectivity index (χ1v) is 9.71. The molecule has 1 amide bonds. The summed E-state index contributed by atoms with van der Waals surface area (Å²) in [7, 11) is 5.26. The second-order valence-electron chi connectivity index (χ2n) is 6.66. The van der Waals surface area contributed by atoms with E-state index in [1.165, 1.54) is 10.4 Å². The molecule has 0 unspecified atom stereocenters. The van der Waals surface area contributed by atoms with Gasteiger partial charge in [0.15, 0.2) is 0 Å². The van der Waals surface area contributed by atoms with Gasteiger partial charge in [-0.2, -0.15) is 0 Å². The van der Waals surface area contributed by atoms with Crippen molar-refractivity contribution in [2.45, 2.75) is 19.4 Å². The lowest BCUT2D eigenvalue weighted by atomic mass is 10.1. The fraction of sp³-hybridized carbons (Fsp3) is 0.450. The zero-order valence-corrected chi connectivity index (χ0v) is 16.5. The number of ether oxygens (including phenoxy) is 2. The van der Waals surface area contributed by atoms with Gasteiger partial charge in [-0.25, -0.2) is 0 Å². The van der Waals surface area contributed by atoms with Crippen LogP contribution in [-0.2, 0) is 13.0 Å². The summed E-state index contributed by atoms with van der Waals surface area (Å²) >= 11 is 1.65. The molecule has 0 saturated carbocycles. The number of hydrogen-bond donors (Lipinski definition) is 0. The van der Waals surface area contributed by atoms with Gasteiger partial charge in [-0.1, -0.05) is 0 Å². The number of fused-ring (bicyclic) bond motifs is 1. The lowest BCUT2D eigenvalue weighted by Crippen LogP contribution is -2.31. The highest BCUT2D eigenvalue weighted by Crippen LogP contribution is 2.28. The molecule has 0 radical (unpaired) electrons. The summed E-state index contributed by atoms with van der Waals surface area (Å²) in [5, 5.41) is 0. The Labute approximate surface area is 159 Å². The van der Waals surface area contributed by atoms with Crippen LogP contribution in [0.15, 0.2) is 30.3 Å². The zero-order valence-electron chi connectivity index (χ0n) is 15.7. The molecule has 0 fully saturated rings. The van der Waals surface area contributed by atoms with Crippen LogP contribution in [-0.4, -0.2) is 56.6 Å². The highest BCUT2D eigenvalue weighted by molar-refractivity contribution is 7.14. The largest absolute Gasteiger partial charge is 0.497 e. The van der Waals surface area contributed by atoms with Crippen LogP contribution in [0.4, 0.5) is 0 Å². The van der Waals surface area contributed by atoms with Crippen LogP contribution in [0.5, 0.6) is 11.5 Å². The quantitative estimate of drug-likeness (QED) is 0.698. The van der Waals surface area contributed by atoms with Crippen LogP contribution in [0.3, 0.4) is 0 Å². The minimum Gasteiger partial charge on any atom is -0.497 e. The fourth-order valence-electron chi connectivity index (χ4n) is 3.06. The Kier molecular flexibility index (Phi) is 6.16. The fourth-order valence-corrected chi connectivity index (χ4v) is 4.24. The number of carbonyl (C=O) groups is 1. The second-order valence-corrected chi connectivity index (χ2v) is 7.80. The Morgan fingerprint density at radius 2 is 1.96 bits per heavy atom. The Morgan fingerprint density at radius 1 is 1.23 bits per heavy atom. The van der Waals surface area contributed by atoms with Crippen molar-refractivity contribution in [1.29, 1.82) is 0 Å². The predicted molar refractivity (Wildman–Crippen MR) is 104 cm³/mol. The smallest absolute Gasteiger partial charge is 0.263 e. The van der Waals surface area contributed by atoms with Crippen molar-refractivity contribution in [3.05, 3.63) is 45.6 Å². The van der Waals surface area contributed by atoms with Gasteiger partial charge < -0.3 is 14.4 Å². The summed E-state index contributed by atoms with van der Waals surface area (Å²) in [5.74, 6) is 1.81. The molecule has 0 bridgehead atoms. The van der Waals surface area contributed by atoms with Crippen molar-refractivity contribution in [3.8, 4) is 11.5 Å². The van der Waals surface area contributed by atoms with Gasteiger partial charge in [0, 0.05) is 38.6 Å². The highest BCUT2D eigenvalue weighted by Gasteiger charge is 2.21. The maximum atomic E-state index is 12.1. The third-order valence-corrected chi connectivity index (χ3v) is 5.73. The van der Waals surface area contributed by atoms with E-state index >= 15 is 0 Å². The van der Waals surface area contributed by atoms with Gasteiger partial charge in [-0.05, 0) is 48.7 Å². The minimum absolute atomic E-state index is 0.101. The van der Waals surface area contributed by atoms with Gasteiger partial charge in [-0.15, -0.1) is 11.3 Å². The van der Waals surface area contributed by atoms with Crippen molar-refractivity contribution >= 4 is 17.2 Å². The summed E-state index contributed by atoms with van der Waals surface area (Å²) in [5.41, 5.74) is 1.31. The molecule has 0 aliphatic carbocycles. The monoisotopic (exact) mass is 374 g/mol. The number of rotatable bonds is 7. The molecule has 0 atom stereocenters. The number of amides is 1. The molecule has 2 heterocycles. The number of carbonyl (C=O) groups excluding carboxylic acids is 1. The second kappa shape index (κ2) is 8.56. The van der Waals surface area contributed by atoms with Gasteiger partial charge in [0.2, 0.25) is 0 Å². The van der Waals surface area contributed by atoms with E-state index in [1.807, 2.05) is 24.3 Å². The zero-order chi connectivity index (χ0) is 18.5. The molecule has 26 heavy (non-hydrogen) atoms. The van der Waals surface area contributed by atoms with E-state index in [2.05, 4.69) is 11.0 Å². The van der Waals surface area contributed by atoms with E-state index in [-0.39, 0.29) is 5.91 Å². The average molecular weight is 375 g/mol. The number of benzene rings is 1. The molecule has 0 saturated heterocycles. The topological polar surface area (TPSA) is 42.0 Å². The SMILES string of the molecule is COc1ccc(OCCCN2CCc3sc(C(=O)N(C)C)cc3C2)cc1. The molecule has 0 spiro atoms. The van der Waals surface area contributed by atoms with E-state index in [9.17, 15) is 4.79 Å². The summed E-state index contributed by atoms with van der Waals surface area (Å²) in [6.45, 7) is 3.67. The Morgan fingerprint density at radius 3 is 2.65 bits per heavy atom. The third kappa shape index (κ3) is 4.56. The lowest BCUT2D eigenvalue weighted by molar-refractivity contribution is 0.0832. The van der Waals surface area contributed by atoms with Crippen molar-refractivity contribution in [2.75, 3.05) is 40.9 Å². The van der Waals surface area contributed by atoms with Crippen LogP contribution in [0, 0.1) is 0 Å². The van der Waals surface area contributed by atoms with Gasteiger partial charge in [-0.3, -0.25) is 9.69 Å². The maximum absolute atomic E-state index is 12.1. The van der Waals surface area contributed by atoms with Gasteiger partial charge in [0.05, 0.1) is 18.6 Å². The Hall–Kier alpha value is -2.05. The molecule has 2 aromatic rings. The van der Waals surface area contributed by atoms with E-state index in [4.69, 9.17) is 9.47 Å². The van der Waals surface area contributed by atoms with Crippen molar-refractivity contribution in [1.82, 2.24) is 9.80 Å². The minimum atomic E-state index is 0.101. The third-order valence-electron chi connectivity index (χ3n) is 4.51. The predicted octanol–water partition coefficient (Wildman–Crippen LogP) is 3.29. The van der Waals surface area contributed by atoms with Gasteiger partial charge in [0.25, 0.3) is 5.91 Å². The molecular weight excluding hydrogens is 348 g/mol. The van der Waals surface area contributed by atoms with Crippen LogP contribution < -0.4 is 9.47 Å². The molecule has 140 valence electrons. The van der Waals surface area contributed by atoms with Crippen LogP contribution in [0.2, 0.25) is 0 Å². The first-order valence-electron chi connectivity index (χ1n) is 8.89. The first kappa shape index (κ1) is 18.7.